The Labute approximate surface area is 117 Å². The minimum absolute atomic E-state index is 0.0811. The molecule has 0 radical (unpaired) electrons. The Bertz CT molecular complexity index is 540. The van der Waals surface area contributed by atoms with Gasteiger partial charge in [-0.15, -0.1) is 0 Å². The molecule has 3 atom stereocenters. The number of hydrogen-bond acceptors (Lipinski definition) is 3. The maximum atomic E-state index is 12.6. The first kappa shape index (κ1) is 13.1. The van der Waals surface area contributed by atoms with Gasteiger partial charge in [0.2, 0.25) is 0 Å². The maximum absolute atomic E-state index is 12.6. The van der Waals surface area contributed by atoms with E-state index in [0.717, 1.165) is 25.7 Å². The predicted molar refractivity (Wildman–Crippen MR) is 71.2 cm³/mol. The molecule has 20 heavy (non-hydrogen) atoms. The van der Waals surface area contributed by atoms with E-state index in [2.05, 4.69) is 5.10 Å². The molecule has 1 aromatic heterocycles. The summed E-state index contributed by atoms with van der Waals surface area (Å²) in [4.78, 5) is 25.7. The fourth-order valence-electron chi connectivity index (χ4n) is 3.65. The SMILES string of the molecule is Cn1cc(C(=O)N2[C@@H]3CCCC[C@H]3C[C@H]2C(=O)O)cn1. The number of fused-ring (bicyclic) bond motifs is 1. The Morgan fingerprint density at radius 2 is 2.10 bits per heavy atom. The van der Waals surface area contributed by atoms with Crippen LogP contribution in [0.3, 0.4) is 0 Å². The molecule has 1 aliphatic heterocycles. The fraction of sp³-hybridized carbons (Fsp3) is 0.643. The van der Waals surface area contributed by atoms with Gasteiger partial charge in [-0.3, -0.25) is 9.48 Å². The summed E-state index contributed by atoms with van der Waals surface area (Å²) in [5, 5.41) is 13.4. The van der Waals surface area contributed by atoms with Crippen molar-refractivity contribution in [3.05, 3.63) is 18.0 Å². The van der Waals surface area contributed by atoms with E-state index in [4.69, 9.17) is 0 Å². The van der Waals surface area contributed by atoms with Gasteiger partial charge in [-0.25, -0.2) is 4.79 Å². The molecule has 1 N–H and O–H groups in total. The van der Waals surface area contributed by atoms with Crippen LogP contribution in [0.1, 0.15) is 42.5 Å². The van der Waals surface area contributed by atoms with Crippen molar-refractivity contribution in [3.8, 4) is 0 Å². The number of carbonyl (C=O) groups is 2. The van der Waals surface area contributed by atoms with Gasteiger partial charge in [-0.05, 0) is 25.2 Å². The number of likely N-dealkylation sites (tertiary alicyclic amines) is 1. The van der Waals surface area contributed by atoms with Crippen molar-refractivity contribution in [3.63, 3.8) is 0 Å². The van der Waals surface area contributed by atoms with E-state index in [9.17, 15) is 14.7 Å². The number of nitrogens with zero attached hydrogens (tertiary/aromatic N) is 3. The fourth-order valence-corrected chi connectivity index (χ4v) is 3.65. The van der Waals surface area contributed by atoms with Crippen LogP contribution in [0.25, 0.3) is 0 Å². The monoisotopic (exact) mass is 277 g/mol. The van der Waals surface area contributed by atoms with Gasteiger partial charge < -0.3 is 10.0 Å². The Balaban J connectivity index is 1.90. The van der Waals surface area contributed by atoms with Gasteiger partial charge in [0.15, 0.2) is 0 Å². The Kier molecular flexibility index (Phi) is 3.23. The summed E-state index contributed by atoms with van der Waals surface area (Å²) in [6.07, 6.45) is 7.92. The summed E-state index contributed by atoms with van der Waals surface area (Å²) in [5.74, 6) is -0.748. The Morgan fingerprint density at radius 3 is 2.75 bits per heavy atom. The number of carbonyl (C=O) groups excluding carboxylic acids is 1. The van der Waals surface area contributed by atoms with Crippen LogP contribution in [-0.4, -0.2) is 43.7 Å². The molecular formula is C14H19N3O3. The molecule has 0 unspecified atom stereocenters. The Morgan fingerprint density at radius 1 is 1.35 bits per heavy atom. The molecule has 0 bridgehead atoms. The number of hydrogen-bond donors (Lipinski definition) is 1. The van der Waals surface area contributed by atoms with Gasteiger partial charge in [0.25, 0.3) is 5.91 Å². The second kappa shape index (κ2) is 4.92. The highest BCUT2D eigenvalue weighted by Crippen LogP contribution is 2.40. The zero-order valence-corrected chi connectivity index (χ0v) is 11.5. The first-order valence-corrected chi connectivity index (χ1v) is 7.12. The standard InChI is InChI=1S/C14H19N3O3/c1-16-8-10(7-15-16)13(18)17-11-5-3-2-4-9(11)6-12(17)14(19)20/h7-9,11-12H,2-6H2,1H3,(H,19,20)/t9-,11+,12-/m0/s1. The van der Waals surface area contributed by atoms with Gasteiger partial charge in [-0.1, -0.05) is 12.8 Å². The summed E-state index contributed by atoms with van der Waals surface area (Å²) in [7, 11) is 1.75. The number of aliphatic carboxylic acids is 1. The summed E-state index contributed by atoms with van der Waals surface area (Å²) >= 11 is 0. The van der Waals surface area contributed by atoms with E-state index in [0.29, 0.717) is 17.9 Å². The third kappa shape index (κ3) is 2.09. The second-order valence-electron chi connectivity index (χ2n) is 5.82. The van der Waals surface area contributed by atoms with Gasteiger partial charge in [0, 0.05) is 19.3 Å². The topological polar surface area (TPSA) is 75.4 Å². The van der Waals surface area contributed by atoms with Gasteiger partial charge in [0.05, 0.1) is 11.8 Å². The second-order valence-corrected chi connectivity index (χ2v) is 5.82. The molecule has 6 nitrogen and oxygen atoms in total. The Hall–Kier alpha value is -1.85. The van der Waals surface area contributed by atoms with Crippen LogP contribution in [0, 0.1) is 5.92 Å². The molecule has 6 heteroatoms. The molecule has 1 saturated heterocycles. The zero-order chi connectivity index (χ0) is 14.3. The predicted octanol–water partition coefficient (Wildman–Crippen LogP) is 1.28. The van der Waals surface area contributed by atoms with Crippen molar-refractivity contribution in [2.24, 2.45) is 13.0 Å². The number of rotatable bonds is 2. The van der Waals surface area contributed by atoms with Crippen molar-refractivity contribution >= 4 is 11.9 Å². The van der Waals surface area contributed by atoms with Crippen LogP contribution in [0.2, 0.25) is 0 Å². The normalized spacial score (nSPS) is 29.2. The summed E-state index contributed by atoms with van der Waals surface area (Å²) in [5.41, 5.74) is 0.477. The van der Waals surface area contributed by atoms with E-state index in [-0.39, 0.29) is 11.9 Å². The summed E-state index contributed by atoms with van der Waals surface area (Å²) in [6, 6.07) is -0.603. The summed E-state index contributed by atoms with van der Waals surface area (Å²) in [6.45, 7) is 0. The lowest BCUT2D eigenvalue weighted by molar-refractivity contribution is -0.141. The molecular weight excluding hydrogens is 258 g/mol. The molecule has 2 fully saturated rings. The highest BCUT2D eigenvalue weighted by atomic mass is 16.4. The highest BCUT2D eigenvalue weighted by Gasteiger charge is 2.47. The van der Waals surface area contributed by atoms with E-state index in [1.807, 2.05) is 0 Å². The minimum atomic E-state index is -0.892. The highest BCUT2D eigenvalue weighted by molar-refractivity contribution is 5.96. The van der Waals surface area contributed by atoms with E-state index in [1.54, 1.807) is 22.8 Å². The van der Waals surface area contributed by atoms with E-state index >= 15 is 0 Å². The molecule has 1 aliphatic carbocycles. The zero-order valence-electron chi connectivity index (χ0n) is 11.5. The van der Waals surface area contributed by atoms with Crippen LogP contribution >= 0.6 is 0 Å². The number of amides is 1. The van der Waals surface area contributed by atoms with Crippen LogP contribution in [0.4, 0.5) is 0 Å². The van der Waals surface area contributed by atoms with Crippen molar-refractivity contribution < 1.29 is 14.7 Å². The maximum Gasteiger partial charge on any atom is 0.326 e. The lowest BCUT2D eigenvalue weighted by atomic mass is 9.84. The van der Waals surface area contributed by atoms with Crippen LogP contribution in [0.15, 0.2) is 12.4 Å². The lowest BCUT2D eigenvalue weighted by Gasteiger charge is -2.32. The van der Waals surface area contributed by atoms with Gasteiger partial charge in [-0.2, -0.15) is 5.10 Å². The molecule has 0 spiro atoms. The smallest absolute Gasteiger partial charge is 0.326 e. The third-order valence-corrected chi connectivity index (χ3v) is 4.56. The van der Waals surface area contributed by atoms with Crippen molar-refractivity contribution in [1.82, 2.24) is 14.7 Å². The lowest BCUT2D eigenvalue weighted by Crippen LogP contribution is -2.46. The first-order chi connectivity index (χ1) is 9.58. The number of carboxylic acid groups (broad SMARTS) is 1. The third-order valence-electron chi connectivity index (χ3n) is 4.56. The van der Waals surface area contributed by atoms with Crippen molar-refractivity contribution in [1.29, 1.82) is 0 Å². The van der Waals surface area contributed by atoms with Crippen molar-refractivity contribution in [2.75, 3.05) is 0 Å². The van der Waals surface area contributed by atoms with Crippen LogP contribution < -0.4 is 0 Å². The molecule has 1 aromatic rings. The number of carboxylic acids is 1. The summed E-state index contributed by atoms with van der Waals surface area (Å²) < 4.78 is 1.57. The first-order valence-electron chi connectivity index (χ1n) is 7.12. The van der Waals surface area contributed by atoms with Gasteiger partial charge >= 0.3 is 5.97 Å². The van der Waals surface area contributed by atoms with Crippen molar-refractivity contribution in [2.45, 2.75) is 44.2 Å². The largest absolute Gasteiger partial charge is 0.480 e. The van der Waals surface area contributed by atoms with Gasteiger partial charge in [0.1, 0.15) is 6.04 Å². The molecule has 108 valence electrons. The quantitative estimate of drug-likeness (QED) is 0.883. The number of aryl methyl sites for hydroxylation is 1. The van der Waals surface area contributed by atoms with E-state index < -0.39 is 12.0 Å². The van der Waals surface area contributed by atoms with E-state index in [1.165, 1.54) is 6.20 Å². The molecule has 2 heterocycles. The molecule has 0 aromatic carbocycles. The molecule has 1 saturated carbocycles. The molecule has 3 rings (SSSR count). The number of aromatic nitrogens is 2. The molecule has 1 amide bonds. The average molecular weight is 277 g/mol. The van der Waals surface area contributed by atoms with Crippen LogP contribution in [0.5, 0.6) is 0 Å². The average Bonchev–Trinajstić information content (AvgIpc) is 3.01. The molecule has 2 aliphatic rings. The van der Waals surface area contributed by atoms with Crippen LogP contribution in [-0.2, 0) is 11.8 Å². The minimum Gasteiger partial charge on any atom is -0.480 e.